The summed E-state index contributed by atoms with van der Waals surface area (Å²) in [6.45, 7) is 4.29. The van der Waals surface area contributed by atoms with E-state index in [-0.39, 0.29) is 0 Å². The molecule has 0 aromatic heterocycles. The fourth-order valence-electron chi connectivity index (χ4n) is 3.08. The standard InChI is InChI=1S/C24H26BrNO2/c1-18-7-6-10-20(13-18)17-28-24-22(25)14-21(15-23(24)27-2)16-26-12-11-19-8-4-3-5-9-19/h3-10,13-15,26H,11-12,16-17H2,1-2H3. The number of halogens is 1. The fraction of sp³-hybridized carbons (Fsp3) is 0.250. The summed E-state index contributed by atoms with van der Waals surface area (Å²) in [5.41, 5.74) is 4.86. The Morgan fingerprint density at radius 3 is 2.43 bits per heavy atom. The lowest BCUT2D eigenvalue weighted by Crippen LogP contribution is -2.16. The lowest BCUT2D eigenvalue weighted by molar-refractivity contribution is 0.282. The van der Waals surface area contributed by atoms with Crippen molar-refractivity contribution in [3.05, 3.63) is 93.5 Å². The van der Waals surface area contributed by atoms with Gasteiger partial charge in [0.2, 0.25) is 0 Å². The topological polar surface area (TPSA) is 30.5 Å². The quantitative estimate of drug-likeness (QED) is 0.435. The van der Waals surface area contributed by atoms with Crippen LogP contribution in [-0.4, -0.2) is 13.7 Å². The van der Waals surface area contributed by atoms with Crippen molar-refractivity contribution in [3.63, 3.8) is 0 Å². The fourth-order valence-corrected chi connectivity index (χ4v) is 3.69. The molecule has 0 spiro atoms. The van der Waals surface area contributed by atoms with Gasteiger partial charge < -0.3 is 14.8 Å². The molecule has 0 saturated carbocycles. The van der Waals surface area contributed by atoms with E-state index in [0.717, 1.165) is 46.6 Å². The van der Waals surface area contributed by atoms with Crippen molar-refractivity contribution in [1.82, 2.24) is 5.32 Å². The molecule has 3 aromatic rings. The van der Waals surface area contributed by atoms with E-state index in [2.05, 4.69) is 76.7 Å². The van der Waals surface area contributed by atoms with Crippen LogP contribution in [0.15, 0.2) is 71.2 Å². The molecular weight excluding hydrogens is 414 g/mol. The second kappa shape index (κ2) is 10.3. The van der Waals surface area contributed by atoms with E-state index in [1.54, 1.807) is 7.11 Å². The number of methoxy groups -OCH3 is 1. The second-order valence-corrected chi connectivity index (χ2v) is 7.65. The summed E-state index contributed by atoms with van der Waals surface area (Å²) in [6, 6.07) is 23.0. The Morgan fingerprint density at radius 1 is 0.893 bits per heavy atom. The molecule has 146 valence electrons. The first-order valence-corrected chi connectivity index (χ1v) is 10.2. The summed E-state index contributed by atoms with van der Waals surface area (Å²) in [5, 5.41) is 3.50. The van der Waals surface area contributed by atoms with Gasteiger partial charge in [0.1, 0.15) is 6.61 Å². The van der Waals surface area contributed by atoms with Crippen molar-refractivity contribution < 1.29 is 9.47 Å². The maximum absolute atomic E-state index is 6.05. The zero-order valence-corrected chi connectivity index (χ0v) is 18.0. The molecule has 0 aliphatic rings. The maximum atomic E-state index is 6.05. The number of rotatable bonds is 9. The number of hydrogen-bond donors (Lipinski definition) is 1. The van der Waals surface area contributed by atoms with E-state index in [0.29, 0.717) is 6.61 Å². The van der Waals surface area contributed by atoms with Gasteiger partial charge in [0, 0.05) is 6.54 Å². The molecule has 3 rings (SSSR count). The van der Waals surface area contributed by atoms with Crippen molar-refractivity contribution >= 4 is 15.9 Å². The molecule has 0 bridgehead atoms. The third-order valence-corrected chi connectivity index (χ3v) is 5.11. The van der Waals surface area contributed by atoms with Crippen LogP contribution in [0, 0.1) is 6.92 Å². The minimum atomic E-state index is 0.505. The number of ether oxygens (including phenoxy) is 2. The van der Waals surface area contributed by atoms with Crippen LogP contribution in [-0.2, 0) is 19.6 Å². The van der Waals surface area contributed by atoms with Gasteiger partial charge in [-0.25, -0.2) is 0 Å². The van der Waals surface area contributed by atoms with E-state index < -0.39 is 0 Å². The third-order valence-electron chi connectivity index (χ3n) is 4.52. The molecule has 3 nitrogen and oxygen atoms in total. The number of benzene rings is 3. The first-order chi connectivity index (χ1) is 13.7. The Kier molecular flexibility index (Phi) is 7.52. The van der Waals surface area contributed by atoms with Gasteiger partial charge in [-0.1, -0.05) is 60.2 Å². The van der Waals surface area contributed by atoms with E-state index in [4.69, 9.17) is 9.47 Å². The Labute approximate surface area is 175 Å². The highest BCUT2D eigenvalue weighted by Gasteiger charge is 2.12. The molecule has 1 N–H and O–H groups in total. The van der Waals surface area contributed by atoms with E-state index in [1.165, 1.54) is 11.1 Å². The van der Waals surface area contributed by atoms with Crippen LogP contribution < -0.4 is 14.8 Å². The predicted molar refractivity (Wildman–Crippen MR) is 118 cm³/mol. The first-order valence-electron chi connectivity index (χ1n) is 9.45. The number of aryl methyl sites for hydroxylation is 1. The normalized spacial score (nSPS) is 10.7. The van der Waals surface area contributed by atoms with Crippen molar-refractivity contribution in [2.45, 2.75) is 26.5 Å². The zero-order valence-electron chi connectivity index (χ0n) is 16.4. The molecule has 0 atom stereocenters. The Balaban J connectivity index is 1.59. The Hall–Kier alpha value is -2.30. The molecule has 0 radical (unpaired) electrons. The van der Waals surface area contributed by atoms with Gasteiger partial charge in [0.15, 0.2) is 11.5 Å². The molecule has 4 heteroatoms. The third kappa shape index (κ3) is 5.85. The molecule has 0 amide bonds. The summed E-state index contributed by atoms with van der Waals surface area (Å²) in [7, 11) is 1.67. The summed E-state index contributed by atoms with van der Waals surface area (Å²) < 4.78 is 12.5. The molecule has 28 heavy (non-hydrogen) atoms. The highest BCUT2D eigenvalue weighted by Crippen LogP contribution is 2.37. The van der Waals surface area contributed by atoms with E-state index in [9.17, 15) is 0 Å². The molecule has 0 fully saturated rings. The number of nitrogens with one attached hydrogen (secondary N) is 1. The van der Waals surface area contributed by atoms with Gasteiger partial charge in [-0.2, -0.15) is 0 Å². The average molecular weight is 440 g/mol. The highest BCUT2D eigenvalue weighted by molar-refractivity contribution is 9.10. The molecule has 0 aliphatic carbocycles. The maximum Gasteiger partial charge on any atom is 0.175 e. The molecule has 0 saturated heterocycles. The highest BCUT2D eigenvalue weighted by atomic mass is 79.9. The molecule has 0 unspecified atom stereocenters. The Morgan fingerprint density at radius 2 is 1.68 bits per heavy atom. The minimum absolute atomic E-state index is 0.505. The van der Waals surface area contributed by atoms with Crippen LogP contribution in [0.5, 0.6) is 11.5 Å². The van der Waals surface area contributed by atoms with Gasteiger partial charge in [-0.15, -0.1) is 0 Å². The van der Waals surface area contributed by atoms with Gasteiger partial charge >= 0.3 is 0 Å². The summed E-state index contributed by atoms with van der Waals surface area (Å²) in [5.74, 6) is 1.47. The minimum Gasteiger partial charge on any atom is -0.493 e. The monoisotopic (exact) mass is 439 g/mol. The first kappa shape index (κ1) is 20.4. The van der Waals surface area contributed by atoms with Crippen LogP contribution >= 0.6 is 15.9 Å². The van der Waals surface area contributed by atoms with Crippen molar-refractivity contribution in [2.75, 3.05) is 13.7 Å². The van der Waals surface area contributed by atoms with Crippen molar-refractivity contribution in [2.24, 2.45) is 0 Å². The van der Waals surface area contributed by atoms with Gasteiger partial charge in [0.05, 0.1) is 11.6 Å². The Bertz CT molecular complexity index is 896. The summed E-state index contributed by atoms with van der Waals surface area (Å²) in [6.07, 6.45) is 1.01. The molecule has 0 heterocycles. The average Bonchev–Trinajstić information content (AvgIpc) is 2.71. The number of hydrogen-bond acceptors (Lipinski definition) is 3. The summed E-state index contributed by atoms with van der Waals surface area (Å²) >= 11 is 3.64. The lowest BCUT2D eigenvalue weighted by Gasteiger charge is -2.15. The van der Waals surface area contributed by atoms with E-state index in [1.807, 2.05) is 18.2 Å². The smallest absolute Gasteiger partial charge is 0.175 e. The van der Waals surface area contributed by atoms with Gasteiger partial charge in [-0.3, -0.25) is 0 Å². The van der Waals surface area contributed by atoms with Crippen molar-refractivity contribution in [3.8, 4) is 11.5 Å². The predicted octanol–water partition coefficient (Wildman–Crippen LogP) is 5.68. The van der Waals surface area contributed by atoms with Gasteiger partial charge in [0.25, 0.3) is 0 Å². The van der Waals surface area contributed by atoms with E-state index >= 15 is 0 Å². The molecule has 3 aromatic carbocycles. The van der Waals surface area contributed by atoms with Crippen LogP contribution in [0.3, 0.4) is 0 Å². The zero-order chi connectivity index (χ0) is 19.8. The lowest BCUT2D eigenvalue weighted by atomic mass is 10.1. The van der Waals surface area contributed by atoms with Crippen LogP contribution in [0.2, 0.25) is 0 Å². The molecular formula is C24H26BrNO2. The SMILES string of the molecule is COc1cc(CNCCc2ccccc2)cc(Br)c1OCc1cccc(C)c1. The second-order valence-electron chi connectivity index (χ2n) is 6.80. The summed E-state index contributed by atoms with van der Waals surface area (Å²) in [4.78, 5) is 0. The largest absolute Gasteiger partial charge is 0.493 e. The van der Waals surface area contributed by atoms with Crippen molar-refractivity contribution in [1.29, 1.82) is 0 Å². The molecule has 0 aliphatic heterocycles. The van der Waals surface area contributed by atoms with Crippen LogP contribution in [0.25, 0.3) is 0 Å². The van der Waals surface area contributed by atoms with Gasteiger partial charge in [-0.05, 0) is 64.6 Å². The van der Waals surface area contributed by atoms with Crippen LogP contribution in [0.1, 0.15) is 22.3 Å². The van der Waals surface area contributed by atoms with Crippen LogP contribution in [0.4, 0.5) is 0 Å².